The average molecular weight is 290 g/mol. The molecule has 86 valence electrons. The number of benzene rings is 1. The lowest BCUT2D eigenvalue weighted by Crippen LogP contribution is -1.91. The Morgan fingerprint density at radius 1 is 1.41 bits per heavy atom. The van der Waals surface area contributed by atoms with Crippen molar-refractivity contribution >= 4 is 33.3 Å². The summed E-state index contributed by atoms with van der Waals surface area (Å²) in [6.07, 6.45) is 3.86. The van der Waals surface area contributed by atoms with E-state index in [9.17, 15) is 0 Å². The van der Waals surface area contributed by atoms with Gasteiger partial charge in [0, 0.05) is 28.0 Å². The van der Waals surface area contributed by atoms with Gasteiger partial charge in [-0.2, -0.15) is 0 Å². The predicted molar refractivity (Wildman–Crippen MR) is 73.8 cm³/mol. The minimum absolute atomic E-state index is 0.859. The lowest BCUT2D eigenvalue weighted by molar-refractivity contribution is 1.25. The highest BCUT2D eigenvalue weighted by Crippen LogP contribution is 2.33. The smallest absolute Gasteiger partial charge is 0.0929 e. The largest absolute Gasteiger partial charge is 0.380 e. The van der Waals surface area contributed by atoms with Crippen molar-refractivity contribution in [1.82, 2.24) is 9.97 Å². The molecule has 3 rings (SSSR count). The van der Waals surface area contributed by atoms with Crippen molar-refractivity contribution in [3.05, 3.63) is 46.0 Å². The van der Waals surface area contributed by atoms with Gasteiger partial charge in [0.05, 0.1) is 12.0 Å². The molecule has 0 spiro atoms. The number of imidazole rings is 1. The van der Waals surface area contributed by atoms with Gasteiger partial charge in [-0.1, -0.05) is 15.9 Å². The zero-order valence-electron chi connectivity index (χ0n) is 9.42. The molecule has 1 aromatic carbocycles. The van der Waals surface area contributed by atoms with Gasteiger partial charge in [0.25, 0.3) is 0 Å². The molecule has 0 bridgehead atoms. The van der Waals surface area contributed by atoms with E-state index < -0.39 is 0 Å². The fraction of sp³-hybridized carbons (Fsp3) is 0.154. The van der Waals surface area contributed by atoms with E-state index in [1.165, 1.54) is 16.8 Å². The fourth-order valence-electron chi connectivity index (χ4n) is 2.03. The van der Waals surface area contributed by atoms with Crippen LogP contribution in [0.15, 0.2) is 29.0 Å². The molecular weight excluding hydrogens is 278 g/mol. The van der Waals surface area contributed by atoms with Crippen LogP contribution < -0.4 is 5.32 Å². The molecule has 0 fully saturated rings. The number of anilines is 1. The van der Waals surface area contributed by atoms with Gasteiger partial charge in [-0.15, -0.1) is 0 Å². The molecule has 17 heavy (non-hydrogen) atoms. The number of hydrogen-bond donors (Lipinski definition) is 2. The summed E-state index contributed by atoms with van der Waals surface area (Å²) < 4.78 is 1.10. The summed E-state index contributed by atoms with van der Waals surface area (Å²) in [4.78, 5) is 7.40. The second-order valence-corrected chi connectivity index (χ2v) is 5.04. The van der Waals surface area contributed by atoms with Crippen LogP contribution in [-0.2, 0) is 0 Å². The zero-order chi connectivity index (χ0) is 11.8. The van der Waals surface area contributed by atoms with E-state index in [-0.39, 0.29) is 0 Å². The van der Waals surface area contributed by atoms with Gasteiger partial charge in [0.15, 0.2) is 0 Å². The number of H-pyrrole nitrogens is 1. The summed E-state index contributed by atoms with van der Waals surface area (Å²) in [6, 6.07) is 6.29. The monoisotopic (exact) mass is 289 g/mol. The van der Waals surface area contributed by atoms with E-state index in [2.05, 4.69) is 55.5 Å². The summed E-state index contributed by atoms with van der Waals surface area (Å²) in [5.41, 5.74) is 5.82. The van der Waals surface area contributed by atoms with Crippen LogP contribution in [0.3, 0.4) is 0 Å². The Balaban J connectivity index is 2.06. The molecule has 2 heterocycles. The normalized spacial score (nSPS) is 16.0. The molecule has 0 radical (unpaired) electrons. The third kappa shape index (κ3) is 1.89. The lowest BCUT2D eigenvalue weighted by atomic mass is 10.1. The van der Waals surface area contributed by atoms with Gasteiger partial charge in [-0.25, -0.2) is 4.98 Å². The summed E-state index contributed by atoms with van der Waals surface area (Å²) in [6.45, 7) is 2.89. The number of rotatable bonds is 1. The number of fused-ring (bicyclic) bond motifs is 1. The molecule has 0 saturated heterocycles. The van der Waals surface area contributed by atoms with Crippen LogP contribution in [0.1, 0.15) is 17.0 Å². The Labute approximate surface area is 108 Å². The first-order valence-electron chi connectivity index (χ1n) is 5.48. The Bertz CT molecular complexity index is 598. The third-order valence-corrected chi connectivity index (χ3v) is 3.47. The maximum atomic E-state index is 4.30. The summed E-state index contributed by atoms with van der Waals surface area (Å²) in [5.74, 6) is 0. The highest BCUT2D eigenvalue weighted by atomic mass is 79.9. The molecule has 2 N–H and O–H groups in total. The van der Waals surface area contributed by atoms with Crippen molar-refractivity contribution in [3.8, 4) is 0 Å². The van der Waals surface area contributed by atoms with Crippen molar-refractivity contribution in [2.45, 2.75) is 6.92 Å². The quantitative estimate of drug-likeness (QED) is 0.844. The zero-order valence-corrected chi connectivity index (χ0v) is 11.0. The molecule has 0 atom stereocenters. The second-order valence-electron chi connectivity index (χ2n) is 4.13. The standard InChI is InChI=1S/C13H12BrN3/c1-8-13(17-7-16-8)4-9-6-15-12-3-2-10(14)5-11(9)12/h2-5,7,15H,6H2,1H3,(H,16,17)/b9-4+. The number of aromatic amines is 1. The number of halogens is 1. The van der Waals surface area contributed by atoms with Crippen molar-refractivity contribution in [2.75, 3.05) is 11.9 Å². The van der Waals surface area contributed by atoms with Gasteiger partial charge in [-0.05, 0) is 36.8 Å². The maximum absolute atomic E-state index is 4.30. The van der Waals surface area contributed by atoms with E-state index in [0.29, 0.717) is 0 Å². The molecular formula is C13H12BrN3. The van der Waals surface area contributed by atoms with E-state index in [1.807, 2.05) is 6.92 Å². The number of hydrogen-bond acceptors (Lipinski definition) is 2. The van der Waals surface area contributed by atoms with Crippen LogP contribution in [0.5, 0.6) is 0 Å². The van der Waals surface area contributed by atoms with Gasteiger partial charge in [0.2, 0.25) is 0 Å². The molecule has 4 heteroatoms. The van der Waals surface area contributed by atoms with Crippen LogP contribution in [0, 0.1) is 6.92 Å². The van der Waals surface area contributed by atoms with E-state index >= 15 is 0 Å². The molecule has 1 aliphatic rings. The molecule has 3 nitrogen and oxygen atoms in total. The minimum Gasteiger partial charge on any atom is -0.380 e. The molecule has 2 aromatic rings. The minimum atomic E-state index is 0.859. The summed E-state index contributed by atoms with van der Waals surface area (Å²) >= 11 is 3.51. The van der Waals surface area contributed by atoms with Crippen LogP contribution in [0.2, 0.25) is 0 Å². The SMILES string of the molecule is Cc1[nH]cnc1/C=C1\CNc2ccc(Br)cc21. The van der Waals surface area contributed by atoms with Gasteiger partial charge in [-0.3, -0.25) is 0 Å². The van der Waals surface area contributed by atoms with Crippen molar-refractivity contribution in [2.24, 2.45) is 0 Å². The molecule has 0 amide bonds. The first-order chi connectivity index (χ1) is 8.24. The van der Waals surface area contributed by atoms with Crippen molar-refractivity contribution in [3.63, 3.8) is 0 Å². The van der Waals surface area contributed by atoms with Crippen LogP contribution in [0.25, 0.3) is 11.6 Å². The number of nitrogens with one attached hydrogen (secondary N) is 2. The predicted octanol–water partition coefficient (Wildman–Crippen LogP) is 3.45. The highest BCUT2D eigenvalue weighted by molar-refractivity contribution is 9.10. The van der Waals surface area contributed by atoms with E-state index in [4.69, 9.17) is 0 Å². The second kappa shape index (κ2) is 4.04. The lowest BCUT2D eigenvalue weighted by Gasteiger charge is -2.00. The summed E-state index contributed by atoms with van der Waals surface area (Å²) in [5, 5.41) is 3.38. The Kier molecular flexibility index (Phi) is 2.52. The van der Waals surface area contributed by atoms with E-state index in [1.54, 1.807) is 6.33 Å². The Morgan fingerprint density at radius 2 is 2.29 bits per heavy atom. The van der Waals surface area contributed by atoms with Crippen molar-refractivity contribution < 1.29 is 0 Å². The molecule has 1 aliphatic heterocycles. The van der Waals surface area contributed by atoms with Crippen LogP contribution >= 0.6 is 15.9 Å². The van der Waals surface area contributed by atoms with Gasteiger partial charge in [0.1, 0.15) is 0 Å². The Hall–Kier alpha value is -1.55. The van der Waals surface area contributed by atoms with Crippen LogP contribution in [0.4, 0.5) is 5.69 Å². The fourth-order valence-corrected chi connectivity index (χ4v) is 2.39. The van der Waals surface area contributed by atoms with Crippen molar-refractivity contribution in [1.29, 1.82) is 0 Å². The summed E-state index contributed by atoms with van der Waals surface area (Å²) in [7, 11) is 0. The van der Waals surface area contributed by atoms with Gasteiger partial charge < -0.3 is 10.3 Å². The number of aromatic nitrogens is 2. The maximum Gasteiger partial charge on any atom is 0.0929 e. The van der Waals surface area contributed by atoms with Gasteiger partial charge >= 0.3 is 0 Å². The number of nitrogens with zero attached hydrogens (tertiary/aromatic N) is 1. The topological polar surface area (TPSA) is 40.7 Å². The highest BCUT2D eigenvalue weighted by Gasteiger charge is 2.16. The average Bonchev–Trinajstić information content (AvgIpc) is 2.88. The molecule has 0 aliphatic carbocycles. The number of aryl methyl sites for hydroxylation is 1. The van der Waals surface area contributed by atoms with Crippen LogP contribution in [-0.4, -0.2) is 16.5 Å². The molecule has 0 unspecified atom stereocenters. The third-order valence-electron chi connectivity index (χ3n) is 2.98. The molecule has 1 aromatic heterocycles. The first kappa shape index (κ1) is 10.6. The Morgan fingerprint density at radius 3 is 3.06 bits per heavy atom. The molecule has 0 saturated carbocycles. The van der Waals surface area contributed by atoms with E-state index in [0.717, 1.165) is 22.4 Å². The first-order valence-corrected chi connectivity index (χ1v) is 6.27.